The monoisotopic (exact) mass is 261 g/mol. The molecule has 1 rings (SSSR count). The summed E-state index contributed by atoms with van der Waals surface area (Å²) in [4.78, 5) is 11.6. The van der Waals surface area contributed by atoms with Crippen molar-refractivity contribution in [1.82, 2.24) is 5.32 Å². The number of hydrogen-bond acceptors (Lipinski definition) is 4. The van der Waals surface area contributed by atoms with E-state index in [-0.39, 0.29) is 18.1 Å². The van der Waals surface area contributed by atoms with Crippen LogP contribution in [0, 0.1) is 0 Å². The van der Waals surface area contributed by atoms with Gasteiger partial charge in [-0.3, -0.25) is 4.79 Å². The maximum absolute atomic E-state index is 11.6. The SMILES string of the molecule is COCCSCC(=O)NC1CCCCCC1O. The molecule has 0 aromatic rings. The molecule has 1 saturated carbocycles. The second-order valence-electron chi connectivity index (χ2n) is 4.42. The van der Waals surface area contributed by atoms with Crippen molar-refractivity contribution in [2.24, 2.45) is 0 Å². The first-order valence-corrected chi connectivity index (χ1v) is 7.43. The molecule has 0 aliphatic heterocycles. The van der Waals surface area contributed by atoms with Crippen molar-refractivity contribution in [3.05, 3.63) is 0 Å². The molecule has 5 heteroatoms. The lowest BCUT2D eigenvalue weighted by Gasteiger charge is -2.21. The minimum Gasteiger partial charge on any atom is -0.391 e. The van der Waals surface area contributed by atoms with Crippen molar-refractivity contribution >= 4 is 17.7 Å². The Bertz CT molecular complexity index is 226. The van der Waals surface area contributed by atoms with Gasteiger partial charge in [-0.25, -0.2) is 0 Å². The van der Waals surface area contributed by atoms with Gasteiger partial charge in [0.15, 0.2) is 0 Å². The second-order valence-corrected chi connectivity index (χ2v) is 5.53. The molecule has 0 aromatic heterocycles. The molecule has 0 radical (unpaired) electrons. The number of aliphatic hydroxyl groups is 1. The highest BCUT2D eigenvalue weighted by Crippen LogP contribution is 2.18. The van der Waals surface area contributed by atoms with Crippen molar-refractivity contribution < 1.29 is 14.6 Å². The first-order chi connectivity index (χ1) is 8.24. The molecule has 0 heterocycles. The van der Waals surface area contributed by atoms with E-state index in [0.717, 1.165) is 37.9 Å². The van der Waals surface area contributed by atoms with Crippen LogP contribution < -0.4 is 5.32 Å². The van der Waals surface area contributed by atoms with E-state index in [4.69, 9.17) is 4.74 Å². The molecule has 2 unspecified atom stereocenters. The number of carbonyl (C=O) groups excluding carboxylic acids is 1. The van der Waals surface area contributed by atoms with Crippen molar-refractivity contribution in [3.63, 3.8) is 0 Å². The van der Waals surface area contributed by atoms with Gasteiger partial charge in [-0.2, -0.15) is 0 Å². The Morgan fingerprint density at radius 3 is 2.94 bits per heavy atom. The average Bonchev–Trinajstić information content (AvgIpc) is 2.51. The fourth-order valence-electron chi connectivity index (χ4n) is 2.01. The van der Waals surface area contributed by atoms with E-state index in [2.05, 4.69) is 5.32 Å². The number of ether oxygens (including phenoxy) is 1. The third-order valence-corrected chi connectivity index (χ3v) is 3.91. The third-order valence-electron chi connectivity index (χ3n) is 2.99. The normalized spacial score (nSPS) is 25.3. The van der Waals surface area contributed by atoms with E-state index in [1.807, 2.05) is 0 Å². The second kappa shape index (κ2) is 8.78. The van der Waals surface area contributed by atoms with Gasteiger partial charge in [-0.05, 0) is 12.8 Å². The number of thioether (sulfide) groups is 1. The Kier molecular flexibility index (Phi) is 7.64. The van der Waals surface area contributed by atoms with Crippen LogP contribution in [0.3, 0.4) is 0 Å². The maximum atomic E-state index is 11.6. The molecule has 1 fully saturated rings. The van der Waals surface area contributed by atoms with Crippen LogP contribution in [0.2, 0.25) is 0 Å². The number of rotatable bonds is 6. The van der Waals surface area contributed by atoms with Crippen molar-refractivity contribution in [2.75, 3.05) is 25.2 Å². The van der Waals surface area contributed by atoms with Gasteiger partial charge in [0.25, 0.3) is 0 Å². The molecule has 0 spiro atoms. The van der Waals surface area contributed by atoms with Crippen molar-refractivity contribution in [3.8, 4) is 0 Å². The summed E-state index contributed by atoms with van der Waals surface area (Å²) in [5.74, 6) is 1.31. The van der Waals surface area contributed by atoms with Crippen LogP contribution in [-0.4, -0.2) is 48.4 Å². The first kappa shape index (κ1) is 14.8. The summed E-state index contributed by atoms with van der Waals surface area (Å²) in [6, 6.07) is -0.0481. The summed E-state index contributed by atoms with van der Waals surface area (Å²) >= 11 is 1.56. The highest BCUT2D eigenvalue weighted by molar-refractivity contribution is 7.99. The van der Waals surface area contributed by atoms with Crippen LogP contribution in [0.5, 0.6) is 0 Å². The van der Waals surface area contributed by atoms with Crippen LogP contribution in [-0.2, 0) is 9.53 Å². The predicted molar refractivity (Wildman–Crippen MR) is 70.2 cm³/mol. The molecule has 17 heavy (non-hydrogen) atoms. The Hall–Kier alpha value is -0.260. The highest BCUT2D eigenvalue weighted by Gasteiger charge is 2.22. The lowest BCUT2D eigenvalue weighted by atomic mass is 10.1. The van der Waals surface area contributed by atoms with Gasteiger partial charge in [-0.15, -0.1) is 11.8 Å². The van der Waals surface area contributed by atoms with Gasteiger partial charge in [0.05, 0.1) is 24.5 Å². The van der Waals surface area contributed by atoms with Crippen LogP contribution in [0.4, 0.5) is 0 Å². The smallest absolute Gasteiger partial charge is 0.230 e. The lowest BCUT2D eigenvalue weighted by molar-refractivity contribution is -0.120. The van der Waals surface area contributed by atoms with Gasteiger partial charge in [0.2, 0.25) is 5.91 Å². The molecule has 2 N–H and O–H groups in total. The molecule has 100 valence electrons. The molecule has 1 aliphatic carbocycles. The summed E-state index contributed by atoms with van der Waals surface area (Å²) in [6.07, 6.45) is 4.66. The van der Waals surface area contributed by atoms with E-state index in [0.29, 0.717) is 12.4 Å². The van der Waals surface area contributed by atoms with E-state index >= 15 is 0 Å². The van der Waals surface area contributed by atoms with Gasteiger partial charge < -0.3 is 15.2 Å². The molecule has 1 aliphatic rings. The van der Waals surface area contributed by atoms with Crippen molar-refractivity contribution in [2.45, 2.75) is 44.2 Å². The van der Waals surface area contributed by atoms with Gasteiger partial charge in [0.1, 0.15) is 0 Å². The van der Waals surface area contributed by atoms with Gasteiger partial charge in [0, 0.05) is 12.9 Å². The summed E-state index contributed by atoms with van der Waals surface area (Å²) < 4.78 is 4.91. The maximum Gasteiger partial charge on any atom is 0.230 e. The quantitative estimate of drug-likeness (QED) is 0.557. The standard InChI is InChI=1S/C12H23NO3S/c1-16-7-8-17-9-12(15)13-10-5-3-2-4-6-11(10)14/h10-11,14H,2-9H2,1H3,(H,13,15). The zero-order chi connectivity index (χ0) is 12.5. The Balaban J connectivity index is 2.19. The van der Waals surface area contributed by atoms with E-state index < -0.39 is 0 Å². The average molecular weight is 261 g/mol. The molecule has 1 amide bonds. The molecule has 0 aromatic carbocycles. The van der Waals surface area contributed by atoms with Crippen LogP contribution in [0.25, 0.3) is 0 Å². The highest BCUT2D eigenvalue weighted by atomic mass is 32.2. The molecule has 4 nitrogen and oxygen atoms in total. The number of methoxy groups -OCH3 is 1. The number of carbonyl (C=O) groups is 1. The number of hydrogen-bond donors (Lipinski definition) is 2. The van der Waals surface area contributed by atoms with Gasteiger partial charge in [-0.1, -0.05) is 19.3 Å². The lowest BCUT2D eigenvalue weighted by Crippen LogP contribution is -2.43. The summed E-state index contributed by atoms with van der Waals surface area (Å²) in [7, 11) is 1.66. The predicted octanol–water partition coefficient (Wildman–Crippen LogP) is 1.18. The summed E-state index contributed by atoms with van der Waals surface area (Å²) in [5.41, 5.74) is 0. The Morgan fingerprint density at radius 2 is 2.18 bits per heavy atom. The molecule has 0 saturated heterocycles. The fourth-order valence-corrected chi connectivity index (χ4v) is 2.71. The van der Waals surface area contributed by atoms with E-state index in [9.17, 15) is 9.90 Å². The first-order valence-electron chi connectivity index (χ1n) is 6.28. The van der Waals surface area contributed by atoms with E-state index in [1.165, 1.54) is 0 Å². The van der Waals surface area contributed by atoms with Crippen LogP contribution in [0.1, 0.15) is 32.1 Å². The minimum atomic E-state index is -0.370. The summed E-state index contributed by atoms with van der Waals surface area (Å²) in [5, 5.41) is 12.8. The topological polar surface area (TPSA) is 58.6 Å². The molecule has 2 atom stereocenters. The zero-order valence-corrected chi connectivity index (χ0v) is 11.3. The van der Waals surface area contributed by atoms with E-state index in [1.54, 1.807) is 18.9 Å². The number of aliphatic hydroxyl groups excluding tert-OH is 1. The van der Waals surface area contributed by atoms with Crippen LogP contribution >= 0.6 is 11.8 Å². The van der Waals surface area contributed by atoms with Crippen molar-refractivity contribution in [1.29, 1.82) is 0 Å². The summed E-state index contributed by atoms with van der Waals surface area (Å²) in [6.45, 7) is 0.671. The molecular formula is C12H23NO3S. The largest absolute Gasteiger partial charge is 0.391 e. The van der Waals surface area contributed by atoms with Gasteiger partial charge >= 0.3 is 0 Å². The third kappa shape index (κ3) is 6.29. The number of amides is 1. The molecular weight excluding hydrogens is 238 g/mol. The number of nitrogens with one attached hydrogen (secondary N) is 1. The zero-order valence-electron chi connectivity index (χ0n) is 10.5. The minimum absolute atomic E-state index is 0.0250. The molecule has 0 bridgehead atoms. The fraction of sp³-hybridized carbons (Fsp3) is 0.917. The van der Waals surface area contributed by atoms with Crippen LogP contribution in [0.15, 0.2) is 0 Å². The Labute approximate surface area is 107 Å². The Morgan fingerprint density at radius 1 is 1.41 bits per heavy atom.